The fourth-order valence-corrected chi connectivity index (χ4v) is 0. The molecule has 0 aliphatic heterocycles. The van der Waals surface area contributed by atoms with Crippen LogP contribution in [-0.4, -0.2) is 17.5 Å². The first-order chi connectivity index (χ1) is 2.00. The van der Waals surface area contributed by atoms with Gasteiger partial charge in [-0.05, 0) is 0 Å². The first-order valence-corrected chi connectivity index (χ1v) is 2.00. The molecule has 0 N–H and O–H groups in total. The summed E-state index contributed by atoms with van der Waals surface area (Å²) in [5.74, 6) is 0. The first kappa shape index (κ1) is 15.7. The number of hydrogen-bond acceptors (Lipinski definition) is 4. The molecule has 0 unspecified atom stereocenters. The molecule has 7 heteroatoms. The summed E-state index contributed by atoms with van der Waals surface area (Å²) in [6.07, 6.45) is 0. The van der Waals surface area contributed by atoms with E-state index in [1.807, 2.05) is 0 Å². The van der Waals surface area contributed by atoms with Crippen LogP contribution in [0.25, 0.3) is 0 Å². The summed E-state index contributed by atoms with van der Waals surface area (Å²) in [6, 6.07) is 0. The van der Waals surface area contributed by atoms with Gasteiger partial charge in [0.15, 0.2) is 0 Å². The van der Waals surface area contributed by atoms with Gasteiger partial charge in [-0.3, -0.25) is 8.42 Å². The van der Waals surface area contributed by atoms with Gasteiger partial charge in [0.25, 0.3) is 0 Å². The molecule has 0 spiro atoms. The van der Waals surface area contributed by atoms with Gasteiger partial charge in [-0.2, -0.15) is 0 Å². The Morgan fingerprint density at radius 3 is 1.14 bits per heavy atom. The molecule has 0 rings (SSSR count). The van der Waals surface area contributed by atoms with Crippen LogP contribution in [0.3, 0.4) is 0 Å². The first-order valence-electron chi connectivity index (χ1n) is 0.667. The molecule has 4 nitrogen and oxygen atoms in total. The van der Waals surface area contributed by atoms with Crippen LogP contribution in [0.4, 0.5) is 0 Å². The van der Waals surface area contributed by atoms with E-state index in [1.165, 1.54) is 0 Å². The van der Waals surface area contributed by atoms with Gasteiger partial charge in [-0.25, -0.2) is 0 Å². The van der Waals surface area contributed by atoms with Crippen LogP contribution in [0.2, 0.25) is 0 Å². The van der Waals surface area contributed by atoms with Crippen LogP contribution in [0, 0.1) is 0 Å². The quantitative estimate of drug-likeness (QED) is 0.305. The molecule has 0 aromatic rings. The Kier molecular flexibility index (Phi) is 11.5. The average Bonchev–Trinajstić information content (AvgIpc) is 0.722. The molecule has 0 aromatic heterocycles. The smallest absolute Gasteiger partial charge is 0.759 e. The van der Waals surface area contributed by atoms with Crippen molar-refractivity contribution in [3.63, 3.8) is 0 Å². The van der Waals surface area contributed by atoms with E-state index in [4.69, 9.17) is 17.5 Å². The molecule has 0 aliphatic carbocycles. The predicted molar refractivity (Wildman–Crippen MR) is 10.5 cm³/mol. The molecule has 0 heterocycles. The molecule has 0 bridgehead atoms. The summed E-state index contributed by atoms with van der Waals surface area (Å²) < 4.78 is 34.1. The van der Waals surface area contributed by atoms with Crippen LogP contribution in [0.1, 0.15) is 0 Å². The minimum absolute atomic E-state index is 0. The Balaban J connectivity index is -0.0000000800. The third-order valence-electron chi connectivity index (χ3n) is 0. The molecule has 0 saturated heterocycles. The fraction of sp³-hybridized carbons (Fsp3) is 0. The van der Waals surface area contributed by atoms with Crippen molar-refractivity contribution in [2.75, 3.05) is 0 Å². The van der Waals surface area contributed by atoms with Crippen LogP contribution in [-0.2, 0) is 46.7 Å². The topological polar surface area (TPSA) is 80.3 Å². The van der Waals surface area contributed by atoms with Gasteiger partial charge in [0.2, 0.25) is 0 Å². The third-order valence-corrected chi connectivity index (χ3v) is 0. The molecule has 0 aliphatic rings. The maximum absolute atomic E-state index is 8.52. The zero-order valence-corrected chi connectivity index (χ0v) is 6.32. The Morgan fingerprint density at radius 1 is 1.14 bits per heavy atom. The third kappa shape index (κ3) is 175. The summed E-state index contributed by atoms with van der Waals surface area (Å²) in [6.45, 7) is 0. The van der Waals surface area contributed by atoms with Gasteiger partial charge < -0.3 is 9.11 Å². The normalized spacial score (nSPS) is 8.29. The van der Waals surface area contributed by atoms with E-state index in [-0.39, 0.29) is 36.3 Å². The predicted octanol–water partition coefficient (Wildman–Crippen LogP) is -1.34. The largest absolute Gasteiger partial charge is 3.00 e. The van der Waals surface area contributed by atoms with Crippen molar-refractivity contribution in [1.29, 1.82) is 0 Å². The van der Waals surface area contributed by atoms with Crippen LogP contribution < -0.4 is 0 Å². The Morgan fingerprint density at radius 2 is 1.14 bits per heavy atom. The standard InChI is InChI=1S/Co.H2O4S.Ru/c;1-5(2,3)4;/h;(H2,1,2,3,4);/q+2;;+3/p-2. The molecule has 0 atom stereocenters. The van der Waals surface area contributed by atoms with E-state index in [2.05, 4.69) is 0 Å². The van der Waals surface area contributed by atoms with E-state index in [0.717, 1.165) is 0 Å². The summed E-state index contributed by atoms with van der Waals surface area (Å²) >= 11 is 0. The average molecular weight is 256 g/mol. The summed E-state index contributed by atoms with van der Waals surface area (Å²) in [7, 11) is -5.17. The minimum atomic E-state index is -5.17. The SMILES string of the molecule is O=S(=O)([O-])[O-].[Co+2].[Ru+3]. The van der Waals surface area contributed by atoms with Gasteiger partial charge in [0.05, 0.1) is 0 Å². The summed E-state index contributed by atoms with van der Waals surface area (Å²) in [4.78, 5) is 0. The second-order valence-electron chi connectivity index (χ2n) is 0.408. The molecule has 0 fully saturated rings. The van der Waals surface area contributed by atoms with Gasteiger partial charge >= 0.3 is 36.3 Å². The summed E-state index contributed by atoms with van der Waals surface area (Å²) in [5, 5.41) is 0. The molecular weight excluding hydrogens is 256 g/mol. The van der Waals surface area contributed by atoms with Crippen molar-refractivity contribution in [3.05, 3.63) is 0 Å². The molecule has 7 heavy (non-hydrogen) atoms. The second kappa shape index (κ2) is 5.14. The van der Waals surface area contributed by atoms with Crippen LogP contribution in [0.15, 0.2) is 0 Å². The Hall–Kier alpha value is 1.000. The summed E-state index contributed by atoms with van der Waals surface area (Å²) in [5.41, 5.74) is 0. The minimum Gasteiger partial charge on any atom is -0.759 e. The van der Waals surface area contributed by atoms with Crippen LogP contribution >= 0.6 is 0 Å². The zero-order valence-electron chi connectivity index (χ0n) is 2.73. The maximum atomic E-state index is 8.52. The van der Waals surface area contributed by atoms with Crippen molar-refractivity contribution < 1.29 is 53.8 Å². The fourth-order valence-electron chi connectivity index (χ4n) is 0. The molecular formula is CoO4RuS+3. The second-order valence-corrected chi connectivity index (χ2v) is 1.22. The van der Waals surface area contributed by atoms with E-state index in [1.54, 1.807) is 0 Å². The van der Waals surface area contributed by atoms with Crippen molar-refractivity contribution >= 4 is 10.4 Å². The Bertz CT molecular complexity index is 94.9. The van der Waals surface area contributed by atoms with Gasteiger partial charge in [-0.15, -0.1) is 0 Å². The monoisotopic (exact) mass is 257 g/mol. The molecule has 0 amide bonds. The maximum Gasteiger partial charge on any atom is 3.00 e. The van der Waals surface area contributed by atoms with E-state index in [9.17, 15) is 0 Å². The van der Waals surface area contributed by atoms with Crippen LogP contribution in [0.5, 0.6) is 0 Å². The molecule has 44 valence electrons. The number of rotatable bonds is 0. The Labute approximate surface area is 64.2 Å². The van der Waals surface area contributed by atoms with Gasteiger partial charge in [-0.1, -0.05) is 0 Å². The van der Waals surface area contributed by atoms with E-state index >= 15 is 0 Å². The zero-order chi connectivity index (χ0) is 4.50. The molecule has 0 saturated carbocycles. The van der Waals surface area contributed by atoms with Gasteiger partial charge in [0.1, 0.15) is 0 Å². The van der Waals surface area contributed by atoms with Crippen molar-refractivity contribution in [1.82, 2.24) is 0 Å². The molecule has 0 aromatic carbocycles. The number of hydrogen-bond donors (Lipinski definition) is 0. The van der Waals surface area contributed by atoms with Crippen molar-refractivity contribution in [3.8, 4) is 0 Å². The van der Waals surface area contributed by atoms with E-state index < -0.39 is 10.4 Å². The van der Waals surface area contributed by atoms with Crippen molar-refractivity contribution in [2.24, 2.45) is 0 Å². The van der Waals surface area contributed by atoms with Gasteiger partial charge in [0, 0.05) is 10.4 Å². The van der Waals surface area contributed by atoms with Crippen molar-refractivity contribution in [2.45, 2.75) is 0 Å². The van der Waals surface area contributed by atoms with E-state index in [0.29, 0.717) is 0 Å². The molecule has 2 radical (unpaired) electrons.